The van der Waals surface area contributed by atoms with Gasteiger partial charge >= 0.3 is 0 Å². The minimum absolute atomic E-state index is 0. The van der Waals surface area contributed by atoms with Crippen molar-refractivity contribution in [3.63, 3.8) is 0 Å². The normalized spacial score (nSPS) is 15.0. The fourth-order valence-electron chi connectivity index (χ4n) is 3.09. The molecule has 2 heterocycles. The number of likely N-dealkylation sites (tertiary alicyclic amines) is 1. The molecule has 2 rings (SSSR count). The first kappa shape index (κ1) is 24.6. The Kier molecular flexibility index (Phi) is 12.7. The van der Waals surface area contributed by atoms with Crippen LogP contribution in [0.5, 0.6) is 0 Å². The van der Waals surface area contributed by atoms with E-state index in [2.05, 4.69) is 23.9 Å². The topological polar surface area (TPSA) is 62.5 Å². The van der Waals surface area contributed by atoms with E-state index in [0.717, 1.165) is 43.9 Å². The van der Waals surface area contributed by atoms with Crippen molar-refractivity contribution in [2.75, 3.05) is 39.8 Å². The average Bonchev–Trinajstić information content (AvgIpc) is 3.02. The molecule has 1 aromatic heterocycles. The smallest absolute Gasteiger partial charge is 0.273 e. The molecule has 1 aromatic rings. The predicted molar refractivity (Wildman–Crippen MR) is 110 cm³/mol. The summed E-state index contributed by atoms with van der Waals surface area (Å²) in [5, 5.41) is 2.83. The summed E-state index contributed by atoms with van der Waals surface area (Å²) < 4.78 is 0. The van der Waals surface area contributed by atoms with Gasteiger partial charge in [0.05, 0.1) is 5.01 Å². The number of thiazole rings is 1. The molecule has 0 spiro atoms. The molecule has 25 heavy (non-hydrogen) atoms. The number of halogens is 2. The van der Waals surface area contributed by atoms with Crippen molar-refractivity contribution in [2.45, 2.75) is 39.0 Å². The van der Waals surface area contributed by atoms with Crippen LogP contribution in [-0.2, 0) is 6.42 Å². The van der Waals surface area contributed by atoms with Gasteiger partial charge in [0.25, 0.3) is 5.91 Å². The quantitative estimate of drug-likeness (QED) is 0.714. The van der Waals surface area contributed by atoms with Gasteiger partial charge in [-0.05, 0) is 45.3 Å². The van der Waals surface area contributed by atoms with Gasteiger partial charge in [0.2, 0.25) is 0 Å². The van der Waals surface area contributed by atoms with Crippen LogP contribution in [-0.4, -0.2) is 60.5 Å². The first-order valence-corrected chi connectivity index (χ1v) is 9.64. The van der Waals surface area contributed by atoms with Crippen LogP contribution in [0.3, 0.4) is 0 Å². The highest BCUT2D eigenvalue weighted by atomic mass is 35.5. The number of rotatable bonds is 8. The molecule has 8 heteroatoms. The summed E-state index contributed by atoms with van der Waals surface area (Å²) >= 11 is 1.54. The SMILES string of the molecule is CCCCN(C)CC1CCN(C(=O)c2csc(CCN)n2)CC1.Cl.Cl. The van der Waals surface area contributed by atoms with E-state index in [9.17, 15) is 4.79 Å². The van der Waals surface area contributed by atoms with Gasteiger partial charge in [0.1, 0.15) is 5.69 Å². The molecule has 0 bridgehead atoms. The second-order valence-corrected chi connectivity index (χ2v) is 7.46. The van der Waals surface area contributed by atoms with Crippen molar-refractivity contribution in [1.82, 2.24) is 14.8 Å². The Morgan fingerprint density at radius 3 is 2.68 bits per heavy atom. The van der Waals surface area contributed by atoms with Crippen LogP contribution in [0.4, 0.5) is 0 Å². The standard InChI is InChI=1S/C17H30N4OS.2ClH/c1-3-4-9-20(2)12-14-6-10-21(11-7-14)17(22)15-13-23-16(19-15)5-8-18;;/h13-14H,3-12,18H2,1-2H3;2*1H. The molecule has 0 aliphatic carbocycles. The first-order valence-electron chi connectivity index (χ1n) is 8.76. The number of nitrogens with zero attached hydrogens (tertiary/aromatic N) is 3. The van der Waals surface area contributed by atoms with E-state index in [-0.39, 0.29) is 30.7 Å². The van der Waals surface area contributed by atoms with Gasteiger partial charge in [-0.1, -0.05) is 13.3 Å². The average molecular weight is 411 g/mol. The van der Waals surface area contributed by atoms with Crippen molar-refractivity contribution >= 4 is 42.1 Å². The maximum absolute atomic E-state index is 12.5. The zero-order valence-electron chi connectivity index (χ0n) is 15.3. The lowest BCUT2D eigenvalue weighted by atomic mass is 9.96. The van der Waals surface area contributed by atoms with Crippen molar-refractivity contribution in [2.24, 2.45) is 11.7 Å². The molecule has 1 saturated heterocycles. The number of piperidine rings is 1. The van der Waals surface area contributed by atoms with Gasteiger partial charge in [-0.3, -0.25) is 4.79 Å². The number of amides is 1. The molecule has 0 saturated carbocycles. The molecule has 1 fully saturated rings. The third-order valence-corrected chi connectivity index (χ3v) is 5.40. The summed E-state index contributed by atoms with van der Waals surface area (Å²) in [5.41, 5.74) is 6.14. The van der Waals surface area contributed by atoms with Crippen LogP contribution in [0.2, 0.25) is 0 Å². The third-order valence-electron chi connectivity index (χ3n) is 4.49. The summed E-state index contributed by atoms with van der Waals surface area (Å²) in [5.74, 6) is 0.798. The van der Waals surface area contributed by atoms with Crippen molar-refractivity contribution < 1.29 is 4.79 Å². The van der Waals surface area contributed by atoms with Crippen molar-refractivity contribution in [3.8, 4) is 0 Å². The number of hydrogen-bond acceptors (Lipinski definition) is 5. The highest BCUT2D eigenvalue weighted by Crippen LogP contribution is 2.21. The molecule has 0 radical (unpaired) electrons. The van der Waals surface area contributed by atoms with E-state index in [0.29, 0.717) is 18.2 Å². The van der Waals surface area contributed by atoms with Gasteiger partial charge in [-0.2, -0.15) is 0 Å². The van der Waals surface area contributed by atoms with E-state index >= 15 is 0 Å². The zero-order chi connectivity index (χ0) is 16.7. The summed E-state index contributed by atoms with van der Waals surface area (Å²) in [6.07, 6.45) is 5.47. The number of carbonyl (C=O) groups excluding carboxylic acids is 1. The summed E-state index contributed by atoms with van der Waals surface area (Å²) in [4.78, 5) is 21.3. The van der Waals surface area contributed by atoms with Crippen LogP contribution in [0.1, 0.15) is 48.1 Å². The Bertz CT molecular complexity index is 493. The van der Waals surface area contributed by atoms with Crippen LogP contribution in [0.25, 0.3) is 0 Å². The van der Waals surface area contributed by atoms with E-state index in [1.54, 1.807) is 0 Å². The molecule has 146 valence electrons. The van der Waals surface area contributed by atoms with Crippen LogP contribution in [0, 0.1) is 5.92 Å². The minimum Gasteiger partial charge on any atom is -0.337 e. The molecule has 1 amide bonds. The molecule has 5 nitrogen and oxygen atoms in total. The number of aromatic nitrogens is 1. The molecule has 0 unspecified atom stereocenters. The van der Waals surface area contributed by atoms with Crippen LogP contribution in [0.15, 0.2) is 5.38 Å². The Morgan fingerprint density at radius 2 is 2.08 bits per heavy atom. The maximum Gasteiger partial charge on any atom is 0.273 e. The summed E-state index contributed by atoms with van der Waals surface area (Å²) in [6.45, 7) is 6.86. The highest BCUT2D eigenvalue weighted by molar-refractivity contribution is 7.09. The Labute approximate surface area is 168 Å². The second kappa shape index (κ2) is 12.9. The molecule has 2 N–H and O–H groups in total. The van der Waals surface area contributed by atoms with Crippen molar-refractivity contribution in [1.29, 1.82) is 0 Å². The first-order chi connectivity index (χ1) is 11.1. The number of hydrogen-bond donors (Lipinski definition) is 1. The van der Waals surface area contributed by atoms with E-state index in [1.807, 2.05) is 10.3 Å². The number of unbranched alkanes of at least 4 members (excludes halogenated alkanes) is 1. The molecule has 0 aromatic carbocycles. The van der Waals surface area contributed by atoms with Crippen LogP contribution < -0.4 is 5.73 Å². The zero-order valence-corrected chi connectivity index (χ0v) is 17.7. The predicted octanol–water partition coefficient (Wildman–Crippen LogP) is 3.07. The molecule has 0 atom stereocenters. The van der Waals surface area contributed by atoms with E-state index in [1.165, 1.54) is 30.7 Å². The lowest BCUT2D eigenvalue weighted by Crippen LogP contribution is -2.41. The number of carbonyl (C=O) groups is 1. The van der Waals surface area contributed by atoms with Gasteiger partial charge in [-0.15, -0.1) is 36.2 Å². The maximum atomic E-state index is 12.5. The number of nitrogens with two attached hydrogens (primary N) is 1. The Hall–Kier alpha value is -0.400. The second-order valence-electron chi connectivity index (χ2n) is 6.52. The van der Waals surface area contributed by atoms with E-state index < -0.39 is 0 Å². The molecule has 1 aliphatic heterocycles. The van der Waals surface area contributed by atoms with Gasteiger partial charge < -0.3 is 15.5 Å². The Morgan fingerprint density at radius 1 is 1.40 bits per heavy atom. The van der Waals surface area contributed by atoms with E-state index in [4.69, 9.17) is 5.73 Å². The Balaban J connectivity index is 0.00000288. The minimum atomic E-state index is 0. The van der Waals surface area contributed by atoms with Gasteiger partial charge in [-0.25, -0.2) is 4.98 Å². The monoisotopic (exact) mass is 410 g/mol. The summed E-state index contributed by atoms with van der Waals surface area (Å²) in [6, 6.07) is 0. The lowest BCUT2D eigenvalue weighted by Gasteiger charge is -2.33. The van der Waals surface area contributed by atoms with Gasteiger partial charge in [0, 0.05) is 31.4 Å². The fraction of sp³-hybridized carbons (Fsp3) is 0.765. The fourth-order valence-corrected chi connectivity index (χ4v) is 3.88. The molecular formula is C17H32Cl2N4OS. The highest BCUT2D eigenvalue weighted by Gasteiger charge is 2.25. The lowest BCUT2D eigenvalue weighted by molar-refractivity contribution is 0.0668. The molecular weight excluding hydrogens is 379 g/mol. The van der Waals surface area contributed by atoms with Crippen molar-refractivity contribution in [3.05, 3.63) is 16.1 Å². The third kappa shape index (κ3) is 7.79. The summed E-state index contributed by atoms with van der Waals surface area (Å²) in [7, 11) is 2.21. The van der Waals surface area contributed by atoms with Gasteiger partial charge in [0.15, 0.2) is 0 Å². The largest absolute Gasteiger partial charge is 0.337 e. The van der Waals surface area contributed by atoms with Crippen LogP contribution >= 0.6 is 36.2 Å². The molecule has 1 aliphatic rings.